The number of ether oxygens (including phenoxy) is 3. The van der Waals surface area contributed by atoms with E-state index >= 15 is 0 Å². The first kappa shape index (κ1) is 22.9. The van der Waals surface area contributed by atoms with Crippen molar-refractivity contribution in [2.45, 2.75) is 51.4 Å². The molecule has 0 bridgehead atoms. The van der Waals surface area contributed by atoms with E-state index in [1.54, 1.807) is 26.1 Å². The first-order valence-electron chi connectivity index (χ1n) is 9.14. The van der Waals surface area contributed by atoms with Gasteiger partial charge in [0.2, 0.25) is 5.91 Å². The van der Waals surface area contributed by atoms with Crippen molar-refractivity contribution in [1.29, 1.82) is 0 Å². The number of unbranched alkanes of at least 4 members (excludes halogenated alkanes) is 2. The third-order valence-electron chi connectivity index (χ3n) is 4.20. The normalized spacial score (nSPS) is 13.3. The minimum absolute atomic E-state index is 0.0334. The van der Waals surface area contributed by atoms with Crippen LogP contribution in [0, 0.1) is 0 Å². The van der Waals surface area contributed by atoms with E-state index in [0.717, 1.165) is 37.0 Å². The first-order valence-corrected chi connectivity index (χ1v) is 10.3. The number of carbonyl (C=O) groups excluding carboxylic acids is 1. The Morgan fingerprint density at radius 1 is 1.12 bits per heavy atom. The Morgan fingerprint density at radius 3 is 2.35 bits per heavy atom. The molecule has 0 saturated heterocycles. The Hall–Kier alpha value is -1.11. The van der Waals surface area contributed by atoms with Crippen molar-refractivity contribution >= 4 is 21.8 Å². The second-order valence-corrected chi connectivity index (χ2v) is 7.13. The second kappa shape index (κ2) is 13.1. The molecule has 26 heavy (non-hydrogen) atoms. The smallest absolute Gasteiger partial charge is 0.248 e. The quantitative estimate of drug-likeness (QED) is 0.350. The lowest BCUT2D eigenvalue weighted by Gasteiger charge is -2.27. The number of hydrogen-bond acceptors (Lipinski definition) is 4. The fourth-order valence-corrected chi connectivity index (χ4v) is 3.06. The van der Waals surface area contributed by atoms with Crippen molar-refractivity contribution in [2.24, 2.45) is 0 Å². The number of halogens is 1. The van der Waals surface area contributed by atoms with Gasteiger partial charge in [-0.25, -0.2) is 0 Å². The Labute approximate surface area is 166 Å². The van der Waals surface area contributed by atoms with Crippen LogP contribution in [0.2, 0.25) is 0 Å². The average molecular weight is 430 g/mol. The van der Waals surface area contributed by atoms with Gasteiger partial charge < -0.3 is 19.1 Å². The molecule has 1 amide bonds. The van der Waals surface area contributed by atoms with Gasteiger partial charge in [0.25, 0.3) is 0 Å². The SMILES string of the molecule is CCCCCC(OCC(=O)N(C)C)C(CBr)OCc1ccc(OC)cc1. The Morgan fingerprint density at radius 2 is 1.81 bits per heavy atom. The second-order valence-electron chi connectivity index (χ2n) is 6.49. The largest absolute Gasteiger partial charge is 0.497 e. The summed E-state index contributed by atoms with van der Waals surface area (Å²) in [5.41, 5.74) is 1.08. The Balaban J connectivity index is 2.63. The number of carbonyl (C=O) groups is 1. The molecular weight excluding hydrogens is 398 g/mol. The molecule has 2 unspecified atom stereocenters. The van der Waals surface area contributed by atoms with Crippen LogP contribution in [0.25, 0.3) is 0 Å². The van der Waals surface area contributed by atoms with Crippen molar-refractivity contribution in [3.8, 4) is 5.75 Å². The zero-order chi connectivity index (χ0) is 19.4. The van der Waals surface area contributed by atoms with Gasteiger partial charge in [-0.1, -0.05) is 54.2 Å². The van der Waals surface area contributed by atoms with E-state index in [2.05, 4.69) is 22.9 Å². The number of benzene rings is 1. The van der Waals surface area contributed by atoms with Crippen LogP contribution in [0.4, 0.5) is 0 Å². The minimum Gasteiger partial charge on any atom is -0.497 e. The highest BCUT2D eigenvalue weighted by atomic mass is 79.9. The molecule has 0 aliphatic heterocycles. The molecule has 0 aliphatic carbocycles. The maximum Gasteiger partial charge on any atom is 0.248 e. The van der Waals surface area contributed by atoms with Gasteiger partial charge in [-0.15, -0.1) is 0 Å². The molecule has 6 heteroatoms. The zero-order valence-electron chi connectivity index (χ0n) is 16.4. The molecule has 148 valence electrons. The van der Waals surface area contributed by atoms with Crippen LogP contribution in [0.15, 0.2) is 24.3 Å². The van der Waals surface area contributed by atoms with Crippen LogP contribution in [0.3, 0.4) is 0 Å². The van der Waals surface area contributed by atoms with Crippen molar-refractivity contribution in [3.63, 3.8) is 0 Å². The molecule has 5 nitrogen and oxygen atoms in total. The third kappa shape index (κ3) is 8.52. The number of nitrogens with zero attached hydrogens (tertiary/aromatic N) is 1. The lowest BCUT2D eigenvalue weighted by Crippen LogP contribution is -2.36. The van der Waals surface area contributed by atoms with E-state index in [4.69, 9.17) is 14.2 Å². The van der Waals surface area contributed by atoms with E-state index in [-0.39, 0.29) is 24.7 Å². The van der Waals surface area contributed by atoms with Gasteiger partial charge in [-0.3, -0.25) is 4.79 Å². The highest BCUT2D eigenvalue weighted by Crippen LogP contribution is 2.18. The van der Waals surface area contributed by atoms with Crippen molar-refractivity contribution in [3.05, 3.63) is 29.8 Å². The third-order valence-corrected chi connectivity index (χ3v) is 4.84. The predicted molar refractivity (Wildman–Crippen MR) is 108 cm³/mol. The number of alkyl halides is 1. The van der Waals surface area contributed by atoms with Crippen LogP contribution in [-0.2, 0) is 20.9 Å². The number of hydrogen-bond donors (Lipinski definition) is 0. The standard InChI is InChI=1S/C20H32BrNO4/c1-5-6-7-8-18(26-15-20(23)22(2)3)19(13-21)25-14-16-9-11-17(24-4)12-10-16/h9-12,18-19H,5-8,13-15H2,1-4H3. The highest BCUT2D eigenvalue weighted by molar-refractivity contribution is 9.09. The summed E-state index contributed by atoms with van der Waals surface area (Å²) in [6.45, 7) is 2.75. The molecule has 0 spiro atoms. The Bertz CT molecular complexity index is 507. The van der Waals surface area contributed by atoms with Gasteiger partial charge in [0, 0.05) is 19.4 Å². The average Bonchev–Trinajstić information content (AvgIpc) is 2.66. The topological polar surface area (TPSA) is 48.0 Å². The monoisotopic (exact) mass is 429 g/mol. The molecule has 1 aromatic carbocycles. The molecule has 0 N–H and O–H groups in total. The van der Waals surface area contributed by atoms with E-state index in [1.807, 2.05) is 24.3 Å². The molecule has 0 radical (unpaired) electrons. The van der Waals surface area contributed by atoms with Gasteiger partial charge in [-0.05, 0) is 24.1 Å². The van der Waals surface area contributed by atoms with Crippen LogP contribution in [0.1, 0.15) is 38.2 Å². The van der Waals surface area contributed by atoms with Crippen molar-refractivity contribution in [2.75, 3.05) is 33.1 Å². The number of amides is 1. The molecule has 0 heterocycles. The summed E-state index contributed by atoms with van der Waals surface area (Å²) in [7, 11) is 5.12. The number of rotatable bonds is 13. The maximum atomic E-state index is 11.9. The fourth-order valence-electron chi connectivity index (χ4n) is 2.46. The van der Waals surface area contributed by atoms with Gasteiger partial charge in [0.15, 0.2) is 0 Å². The summed E-state index contributed by atoms with van der Waals surface area (Å²) in [5.74, 6) is 0.794. The molecule has 2 atom stereocenters. The molecular formula is C20H32BrNO4. The summed E-state index contributed by atoms with van der Waals surface area (Å²) in [6.07, 6.45) is 4.02. The zero-order valence-corrected chi connectivity index (χ0v) is 18.0. The van der Waals surface area contributed by atoms with E-state index in [0.29, 0.717) is 11.9 Å². The van der Waals surface area contributed by atoms with Gasteiger partial charge >= 0.3 is 0 Å². The van der Waals surface area contributed by atoms with Gasteiger partial charge in [0.05, 0.1) is 25.9 Å². The highest BCUT2D eigenvalue weighted by Gasteiger charge is 2.23. The maximum absolute atomic E-state index is 11.9. The summed E-state index contributed by atoms with van der Waals surface area (Å²) in [4.78, 5) is 13.4. The summed E-state index contributed by atoms with van der Waals surface area (Å²) in [6, 6.07) is 7.83. The summed E-state index contributed by atoms with van der Waals surface area (Å²) in [5, 5.41) is 0.663. The molecule has 0 fully saturated rings. The van der Waals surface area contributed by atoms with Crippen molar-refractivity contribution in [1.82, 2.24) is 4.90 Å². The van der Waals surface area contributed by atoms with Gasteiger partial charge in [-0.2, -0.15) is 0 Å². The fraction of sp³-hybridized carbons (Fsp3) is 0.650. The molecule has 0 aliphatic rings. The minimum atomic E-state index is -0.108. The van der Waals surface area contributed by atoms with E-state index in [1.165, 1.54) is 0 Å². The lowest BCUT2D eigenvalue weighted by atomic mass is 10.1. The Kier molecular flexibility index (Phi) is 11.6. The number of likely N-dealkylation sites (N-methyl/N-ethyl adjacent to an activating group) is 1. The molecule has 0 saturated carbocycles. The van der Waals surface area contributed by atoms with Crippen LogP contribution < -0.4 is 4.74 Å². The summed E-state index contributed by atoms with van der Waals surface area (Å²) >= 11 is 3.54. The molecule has 1 aromatic rings. The molecule has 1 rings (SSSR count). The van der Waals surface area contributed by atoms with Gasteiger partial charge in [0.1, 0.15) is 12.4 Å². The van der Waals surface area contributed by atoms with Crippen LogP contribution in [0.5, 0.6) is 5.75 Å². The van der Waals surface area contributed by atoms with E-state index < -0.39 is 0 Å². The predicted octanol–water partition coefficient (Wildman–Crippen LogP) is 4.03. The van der Waals surface area contributed by atoms with Crippen LogP contribution >= 0.6 is 15.9 Å². The van der Waals surface area contributed by atoms with Crippen LogP contribution in [-0.4, -0.2) is 56.2 Å². The van der Waals surface area contributed by atoms with Crippen molar-refractivity contribution < 1.29 is 19.0 Å². The number of methoxy groups -OCH3 is 1. The van der Waals surface area contributed by atoms with E-state index in [9.17, 15) is 4.79 Å². The first-order chi connectivity index (χ1) is 12.5. The molecule has 0 aromatic heterocycles. The lowest BCUT2D eigenvalue weighted by molar-refractivity contribution is -0.140. The summed E-state index contributed by atoms with van der Waals surface area (Å²) < 4.78 is 17.2.